The lowest BCUT2D eigenvalue weighted by atomic mass is 9.90. The first-order valence-corrected chi connectivity index (χ1v) is 11.4. The van der Waals surface area contributed by atoms with Crippen LogP contribution in [0.3, 0.4) is 0 Å². The van der Waals surface area contributed by atoms with Gasteiger partial charge in [-0.1, -0.05) is 71.9 Å². The summed E-state index contributed by atoms with van der Waals surface area (Å²) in [4.78, 5) is 19.3. The van der Waals surface area contributed by atoms with Crippen LogP contribution in [-0.4, -0.2) is 34.0 Å². The van der Waals surface area contributed by atoms with E-state index in [2.05, 4.69) is 35.8 Å². The third-order valence-electron chi connectivity index (χ3n) is 5.13. The molecule has 1 aliphatic heterocycles. The van der Waals surface area contributed by atoms with Crippen molar-refractivity contribution >= 4 is 45.9 Å². The summed E-state index contributed by atoms with van der Waals surface area (Å²) in [7, 11) is 0. The summed E-state index contributed by atoms with van der Waals surface area (Å²) in [5.41, 5.74) is 2.07. The summed E-state index contributed by atoms with van der Waals surface area (Å²) in [5, 5.41) is 12.0. The molecule has 4 nitrogen and oxygen atoms in total. The molecule has 0 atom stereocenters. The fourth-order valence-corrected chi connectivity index (χ4v) is 4.59. The average Bonchev–Trinajstić information content (AvgIpc) is 2.75. The minimum atomic E-state index is -0.152. The number of halogens is 2. The molecule has 1 fully saturated rings. The van der Waals surface area contributed by atoms with Gasteiger partial charge in [-0.2, -0.15) is 0 Å². The van der Waals surface area contributed by atoms with E-state index in [9.17, 15) is 9.90 Å². The van der Waals surface area contributed by atoms with Gasteiger partial charge in [-0.15, -0.1) is 0 Å². The number of likely N-dealkylation sites (tertiary alicyclic amines) is 1. The van der Waals surface area contributed by atoms with Crippen LogP contribution >= 0.6 is 35.0 Å². The summed E-state index contributed by atoms with van der Waals surface area (Å²) >= 11 is 13.2. The maximum atomic E-state index is 13.0. The van der Waals surface area contributed by atoms with E-state index in [0.29, 0.717) is 11.0 Å². The number of carbonyl (C=O) groups excluding carboxylic acids is 1. The van der Waals surface area contributed by atoms with E-state index >= 15 is 0 Å². The number of phenols is 1. The van der Waals surface area contributed by atoms with Crippen molar-refractivity contribution < 1.29 is 9.90 Å². The van der Waals surface area contributed by atoms with Crippen molar-refractivity contribution in [3.63, 3.8) is 0 Å². The van der Waals surface area contributed by atoms with Crippen LogP contribution in [0, 0.1) is 5.92 Å². The normalized spacial score (nSPS) is 15.3. The van der Waals surface area contributed by atoms with Gasteiger partial charge < -0.3 is 10.0 Å². The smallest absolute Gasteiger partial charge is 0.278 e. The van der Waals surface area contributed by atoms with Crippen molar-refractivity contribution in [2.75, 3.05) is 13.1 Å². The topological polar surface area (TPSA) is 52.9 Å². The van der Waals surface area contributed by atoms with Crippen molar-refractivity contribution in [1.29, 1.82) is 0 Å². The highest BCUT2D eigenvalue weighted by molar-refractivity contribution is 8.18. The molecule has 1 saturated heterocycles. The SMILES string of the molecule is C=CSC(=NCc1cc(Cl)c(O)c(Cl)c1)C(=O)N1CCC(Cc2ccccc2)CC1. The number of benzene rings is 2. The van der Waals surface area contributed by atoms with E-state index in [4.69, 9.17) is 23.2 Å². The van der Waals surface area contributed by atoms with Crippen molar-refractivity contribution in [3.05, 3.63) is 75.6 Å². The first kappa shape index (κ1) is 22.7. The number of rotatable bonds is 5. The highest BCUT2D eigenvalue weighted by Gasteiger charge is 2.25. The standard InChI is InChI=1S/C23H24Cl2N2O2S/c1-2-30-22(26-15-18-13-19(24)21(28)20(25)14-18)23(29)27-10-8-17(9-11-27)12-16-6-4-3-5-7-16/h2-7,13-14,17,28H,1,8-12,15H2. The molecular formula is C23H24Cl2N2O2S. The molecular weight excluding hydrogens is 439 g/mol. The number of piperidine rings is 1. The lowest BCUT2D eigenvalue weighted by molar-refractivity contribution is -0.125. The quantitative estimate of drug-likeness (QED) is 0.440. The zero-order chi connectivity index (χ0) is 21.5. The molecule has 158 valence electrons. The number of carbonyl (C=O) groups is 1. The molecule has 2 aromatic carbocycles. The van der Waals surface area contributed by atoms with Crippen LogP contribution in [0.15, 0.2) is 59.4 Å². The van der Waals surface area contributed by atoms with Crippen molar-refractivity contribution in [2.45, 2.75) is 25.8 Å². The second-order valence-corrected chi connectivity index (χ2v) is 9.01. The van der Waals surface area contributed by atoms with Crippen molar-refractivity contribution in [1.82, 2.24) is 4.90 Å². The number of amides is 1. The second-order valence-electron chi connectivity index (χ2n) is 7.24. The van der Waals surface area contributed by atoms with E-state index in [0.717, 1.165) is 37.9 Å². The molecule has 1 heterocycles. The number of hydrogen-bond acceptors (Lipinski definition) is 4. The van der Waals surface area contributed by atoms with Gasteiger partial charge >= 0.3 is 0 Å². The first-order valence-electron chi connectivity index (χ1n) is 9.80. The number of aromatic hydroxyl groups is 1. The number of phenolic OH excluding ortho intramolecular Hbond substituents is 1. The Bertz CT molecular complexity index is 903. The van der Waals surface area contributed by atoms with Crippen molar-refractivity contribution in [3.8, 4) is 5.75 Å². The van der Waals surface area contributed by atoms with Gasteiger partial charge in [0.05, 0.1) is 16.6 Å². The average molecular weight is 463 g/mol. The zero-order valence-electron chi connectivity index (χ0n) is 16.6. The molecule has 1 aliphatic rings. The highest BCUT2D eigenvalue weighted by atomic mass is 35.5. The largest absolute Gasteiger partial charge is 0.505 e. The van der Waals surface area contributed by atoms with Gasteiger partial charge in [0, 0.05) is 13.1 Å². The molecule has 7 heteroatoms. The zero-order valence-corrected chi connectivity index (χ0v) is 18.9. The molecule has 1 amide bonds. The van der Waals surface area contributed by atoms with Gasteiger partial charge in [-0.3, -0.25) is 9.79 Å². The molecule has 3 rings (SSSR count). The maximum absolute atomic E-state index is 13.0. The summed E-state index contributed by atoms with van der Waals surface area (Å²) < 4.78 is 0. The van der Waals surface area contributed by atoms with E-state index in [1.54, 1.807) is 17.5 Å². The van der Waals surface area contributed by atoms with E-state index in [1.165, 1.54) is 17.3 Å². The Morgan fingerprint density at radius 2 is 1.80 bits per heavy atom. The fourth-order valence-electron chi connectivity index (χ4n) is 3.53. The molecule has 0 aliphatic carbocycles. The van der Waals surface area contributed by atoms with Crippen LogP contribution in [0.5, 0.6) is 5.75 Å². The van der Waals surface area contributed by atoms with Crippen molar-refractivity contribution in [2.24, 2.45) is 10.9 Å². The Morgan fingerprint density at radius 3 is 2.40 bits per heavy atom. The third kappa shape index (κ3) is 6.03. The predicted octanol–water partition coefficient (Wildman–Crippen LogP) is 5.96. The van der Waals surface area contributed by atoms with Gasteiger partial charge in [0.2, 0.25) is 0 Å². The summed E-state index contributed by atoms with van der Waals surface area (Å²) in [6, 6.07) is 13.7. The second kappa shape index (κ2) is 10.9. The minimum Gasteiger partial charge on any atom is -0.505 e. The van der Waals surface area contributed by atoms with E-state index in [1.807, 2.05) is 11.0 Å². The third-order valence-corrected chi connectivity index (χ3v) is 6.40. The lowest BCUT2D eigenvalue weighted by Crippen LogP contribution is -2.41. The highest BCUT2D eigenvalue weighted by Crippen LogP contribution is 2.33. The summed E-state index contributed by atoms with van der Waals surface area (Å²) in [6.07, 6.45) is 3.01. The van der Waals surface area contributed by atoms with E-state index < -0.39 is 0 Å². The Hall–Kier alpha value is -1.95. The molecule has 0 radical (unpaired) electrons. The molecule has 30 heavy (non-hydrogen) atoms. The van der Waals surface area contributed by atoms with Crippen LogP contribution in [0.2, 0.25) is 10.0 Å². The van der Waals surface area contributed by atoms with Gasteiger partial charge in [0.1, 0.15) is 0 Å². The molecule has 0 spiro atoms. The number of hydrogen-bond donors (Lipinski definition) is 1. The van der Waals surface area contributed by atoms with Crippen LogP contribution < -0.4 is 0 Å². The number of nitrogens with zero attached hydrogens (tertiary/aromatic N) is 2. The first-order chi connectivity index (χ1) is 14.5. The van der Waals surface area contributed by atoms with Crippen LogP contribution in [0.1, 0.15) is 24.0 Å². The van der Waals surface area contributed by atoms with Gasteiger partial charge in [-0.05, 0) is 53.8 Å². The minimum absolute atomic E-state index is 0.0750. The van der Waals surface area contributed by atoms with Gasteiger partial charge in [-0.25, -0.2) is 0 Å². The molecule has 0 bridgehead atoms. The summed E-state index contributed by atoms with van der Waals surface area (Å²) in [6.45, 7) is 5.41. The van der Waals surface area contributed by atoms with Gasteiger partial charge in [0.15, 0.2) is 10.8 Å². The van der Waals surface area contributed by atoms with Crippen LogP contribution in [-0.2, 0) is 17.8 Å². The Labute approximate surface area is 191 Å². The Kier molecular flexibility index (Phi) is 8.25. The maximum Gasteiger partial charge on any atom is 0.278 e. The molecule has 0 unspecified atom stereocenters. The van der Waals surface area contributed by atoms with Crippen LogP contribution in [0.4, 0.5) is 0 Å². The number of aliphatic imine (C=N–C) groups is 1. The molecule has 0 saturated carbocycles. The molecule has 2 aromatic rings. The molecule has 0 aromatic heterocycles. The van der Waals surface area contributed by atoms with Gasteiger partial charge in [0.25, 0.3) is 5.91 Å². The van der Waals surface area contributed by atoms with E-state index in [-0.39, 0.29) is 28.2 Å². The number of thioether (sulfide) groups is 1. The Morgan fingerprint density at radius 1 is 1.17 bits per heavy atom. The Balaban J connectivity index is 1.61. The molecule has 1 N–H and O–H groups in total. The monoisotopic (exact) mass is 462 g/mol. The summed E-state index contributed by atoms with van der Waals surface area (Å²) in [5.74, 6) is 0.361. The lowest BCUT2D eigenvalue weighted by Gasteiger charge is -2.32. The van der Waals surface area contributed by atoms with Crippen LogP contribution in [0.25, 0.3) is 0 Å². The fraction of sp³-hybridized carbons (Fsp3) is 0.304. The predicted molar refractivity (Wildman–Crippen MR) is 127 cm³/mol.